The molecule has 1 aromatic carbocycles. The number of thioether (sulfide) groups is 1. The normalized spacial score (nSPS) is 10.9. The first kappa shape index (κ1) is 19.5. The molecule has 0 spiro atoms. The number of anilines is 1. The molecule has 9 heteroatoms. The molecule has 0 bridgehead atoms. The predicted octanol–water partition coefficient (Wildman–Crippen LogP) is 3.88. The molecule has 1 amide bonds. The highest BCUT2D eigenvalue weighted by molar-refractivity contribution is 7.99. The zero-order chi connectivity index (χ0) is 19.2. The summed E-state index contributed by atoms with van der Waals surface area (Å²) in [5.41, 5.74) is 1.45. The first-order valence-corrected chi connectivity index (χ1v) is 9.60. The highest BCUT2D eigenvalue weighted by Crippen LogP contribution is 2.27. The van der Waals surface area contributed by atoms with Gasteiger partial charge in [0.15, 0.2) is 11.0 Å². The number of hydrogen-bond donors (Lipinski definition) is 1. The van der Waals surface area contributed by atoms with Crippen LogP contribution in [0.4, 0.5) is 5.69 Å². The molecule has 2 aromatic heterocycles. The number of hydrogen-bond acceptors (Lipinski definition) is 6. The first-order chi connectivity index (χ1) is 13.1. The van der Waals surface area contributed by atoms with Crippen LogP contribution in [0.3, 0.4) is 0 Å². The van der Waals surface area contributed by atoms with E-state index in [1.54, 1.807) is 25.5 Å². The molecule has 0 saturated heterocycles. The van der Waals surface area contributed by atoms with Crippen LogP contribution in [0, 0.1) is 6.92 Å². The number of halogens is 1. The van der Waals surface area contributed by atoms with Crippen LogP contribution < -0.4 is 5.32 Å². The fourth-order valence-corrected chi connectivity index (χ4v) is 3.42. The van der Waals surface area contributed by atoms with E-state index in [0.717, 1.165) is 11.3 Å². The highest BCUT2D eigenvalue weighted by atomic mass is 35.5. The number of aryl methyl sites for hydroxylation is 1. The summed E-state index contributed by atoms with van der Waals surface area (Å²) in [6.07, 6.45) is 1.61. The maximum absolute atomic E-state index is 12.3. The lowest BCUT2D eigenvalue weighted by Gasteiger charge is -2.10. The molecule has 2 heterocycles. The number of rotatable bonds is 8. The average Bonchev–Trinajstić information content (AvgIpc) is 3.25. The Hall–Kier alpha value is -2.29. The SMILES string of the molecule is COCCn1c(SCC(=O)Nc2ccccc2Cl)nnc1-c1ccoc1C. The molecule has 0 aliphatic rings. The fourth-order valence-electron chi connectivity index (χ4n) is 2.47. The van der Waals surface area contributed by atoms with Crippen molar-refractivity contribution in [2.75, 3.05) is 24.8 Å². The molecule has 142 valence electrons. The summed E-state index contributed by atoms with van der Waals surface area (Å²) in [5, 5.41) is 12.4. The highest BCUT2D eigenvalue weighted by Gasteiger charge is 2.18. The molecule has 0 aliphatic carbocycles. The van der Waals surface area contributed by atoms with Gasteiger partial charge in [0.05, 0.1) is 41.4 Å². The van der Waals surface area contributed by atoms with Crippen LogP contribution in [0.5, 0.6) is 0 Å². The van der Waals surface area contributed by atoms with Gasteiger partial charge < -0.3 is 14.5 Å². The Bertz CT molecular complexity index is 925. The number of nitrogens with one attached hydrogen (secondary N) is 1. The van der Waals surface area contributed by atoms with Gasteiger partial charge in [0.1, 0.15) is 5.76 Å². The van der Waals surface area contributed by atoms with E-state index < -0.39 is 0 Å². The van der Waals surface area contributed by atoms with E-state index in [0.29, 0.717) is 34.8 Å². The van der Waals surface area contributed by atoms with Crippen molar-refractivity contribution >= 4 is 35.0 Å². The summed E-state index contributed by atoms with van der Waals surface area (Å²) in [4.78, 5) is 12.3. The molecule has 0 fully saturated rings. The smallest absolute Gasteiger partial charge is 0.234 e. The monoisotopic (exact) mass is 406 g/mol. The Morgan fingerprint density at radius 2 is 2.15 bits per heavy atom. The number of ether oxygens (including phenoxy) is 1. The van der Waals surface area contributed by atoms with Crippen molar-refractivity contribution < 1.29 is 13.9 Å². The molecule has 1 N–H and O–H groups in total. The lowest BCUT2D eigenvalue weighted by Crippen LogP contribution is -2.15. The Kier molecular flexibility index (Phi) is 6.54. The van der Waals surface area contributed by atoms with E-state index in [2.05, 4.69) is 15.5 Å². The molecule has 0 unspecified atom stereocenters. The molecule has 0 aliphatic heterocycles. The van der Waals surface area contributed by atoms with Crippen molar-refractivity contribution in [1.82, 2.24) is 14.8 Å². The van der Waals surface area contributed by atoms with Crippen LogP contribution in [0.2, 0.25) is 5.02 Å². The number of carbonyl (C=O) groups is 1. The van der Waals surface area contributed by atoms with Gasteiger partial charge in [-0.2, -0.15) is 0 Å². The number of furan rings is 1. The zero-order valence-corrected chi connectivity index (χ0v) is 16.5. The Morgan fingerprint density at radius 3 is 2.85 bits per heavy atom. The molecule has 27 heavy (non-hydrogen) atoms. The number of aromatic nitrogens is 3. The van der Waals surface area contributed by atoms with E-state index in [1.807, 2.05) is 29.7 Å². The van der Waals surface area contributed by atoms with Crippen molar-refractivity contribution in [3.8, 4) is 11.4 Å². The third-order valence-corrected chi connectivity index (χ3v) is 5.11. The van der Waals surface area contributed by atoms with Gasteiger partial charge in [-0.25, -0.2) is 0 Å². The molecule has 7 nitrogen and oxygen atoms in total. The lowest BCUT2D eigenvalue weighted by molar-refractivity contribution is -0.113. The summed E-state index contributed by atoms with van der Waals surface area (Å²) in [5.74, 6) is 1.46. The Labute approximate surface area is 166 Å². The van der Waals surface area contributed by atoms with Crippen molar-refractivity contribution in [3.05, 3.63) is 47.4 Å². The number of carbonyl (C=O) groups excluding carboxylic acids is 1. The van der Waals surface area contributed by atoms with Crippen molar-refractivity contribution in [2.45, 2.75) is 18.6 Å². The van der Waals surface area contributed by atoms with Gasteiger partial charge in [-0.05, 0) is 25.1 Å². The summed E-state index contributed by atoms with van der Waals surface area (Å²) in [6, 6.07) is 8.96. The minimum atomic E-state index is -0.171. The van der Waals surface area contributed by atoms with Gasteiger partial charge in [0.2, 0.25) is 5.91 Å². The third-order valence-electron chi connectivity index (χ3n) is 3.82. The van der Waals surface area contributed by atoms with E-state index >= 15 is 0 Å². The first-order valence-electron chi connectivity index (χ1n) is 8.24. The van der Waals surface area contributed by atoms with Crippen LogP contribution >= 0.6 is 23.4 Å². The Morgan fingerprint density at radius 1 is 1.33 bits per heavy atom. The summed E-state index contributed by atoms with van der Waals surface area (Å²) < 4.78 is 12.5. The molecule has 0 atom stereocenters. The molecule has 0 saturated carbocycles. The third kappa shape index (κ3) is 4.71. The van der Waals surface area contributed by atoms with Gasteiger partial charge >= 0.3 is 0 Å². The van der Waals surface area contributed by atoms with Crippen LogP contribution in [0.1, 0.15) is 5.76 Å². The maximum atomic E-state index is 12.3. The summed E-state index contributed by atoms with van der Waals surface area (Å²) in [6.45, 7) is 2.94. The van der Waals surface area contributed by atoms with Gasteiger partial charge in [0.25, 0.3) is 0 Å². The molecule has 3 aromatic rings. The molecular formula is C18H19ClN4O3S. The van der Waals surface area contributed by atoms with E-state index in [9.17, 15) is 4.79 Å². The van der Waals surface area contributed by atoms with E-state index in [1.165, 1.54) is 11.8 Å². The van der Waals surface area contributed by atoms with Crippen LogP contribution in [-0.4, -0.2) is 40.1 Å². The second kappa shape index (κ2) is 9.07. The number of amides is 1. The number of nitrogens with zero attached hydrogens (tertiary/aromatic N) is 3. The quantitative estimate of drug-likeness (QED) is 0.572. The minimum absolute atomic E-state index is 0.171. The van der Waals surface area contributed by atoms with Crippen LogP contribution in [0.15, 0.2) is 46.2 Å². The number of benzene rings is 1. The van der Waals surface area contributed by atoms with E-state index in [-0.39, 0.29) is 11.7 Å². The largest absolute Gasteiger partial charge is 0.469 e. The molecule has 0 radical (unpaired) electrons. The number of methoxy groups -OCH3 is 1. The van der Waals surface area contributed by atoms with Gasteiger partial charge in [-0.15, -0.1) is 10.2 Å². The second-order valence-electron chi connectivity index (χ2n) is 5.66. The van der Waals surface area contributed by atoms with Gasteiger partial charge in [0, 0.05) is 7.11 Å². The molecule has 3 rings (SSSR count). The number of para-hydroxylation sites is 1. The maximum Gasteiger partial charge on any atom is 0.234 e. The second-order valence-corrected chi connectivity index (χ2v) is 7.01. The Balaban J connectivity index is 1.72. The lowest BCUT2D eigenvalue weighted by atomic mass is 10.2. The zero-order valence-electron chi connectivity index (χ0n) is 14.9. The van der Waals surface area contributed by atoms with Crippen LogP contribution in [0.25, 0.3) is 11.4 Å². The molecular weight excluding hydrogens is 388 g/mol. The standard InChI is InChI=1S/C18H19ClN4O3S/c1-12-13(7-9-26-12)17-21-22-18(23(17)8-10-25-2)27-11-16(24)20-15-6-4-3-5-14(15)19/h3-7,9H,8,10-11H2,1-2H3,(H,20,24). The van der Waals surface area contributed by atoms with Crippen molar-refractivity contribution in [2.24, 2.45) is 0 Å². The van der Waals surface area contributed by atoms with Gasteiger partial charge in [-0.3, -0.25) is 9.36 Å². The average molecular weight is 407 g/mol. The summed E-state index contributed by atoms with van der Waals surface area (Å²) in [7, 11) is 1.64. The van der Waals surface area contributed by atoms with E-state index in [4.69, 9.17) is 20.8 Å². The minimum Gasteiger partial charge on any atom is -0.469 e. The fraction of sp³-hybridized carbons (Fsp3) is 0.278. The van der Waals surface area contributed by atoms with Crippen molar-refractivity contribution in [1.29, 1.82) is 0 Å². The van der Waals surface area contributed by atoms with Gasteiger partial charge in [-0.1, -0.05) is 35.5 Å². The predicted molar refractivity (Wildman–Crippen MR) is 105 cm³/mol. The summed E-state index contributed by atoms with van der Waals surface area (Å²) >= 11 is 7.38. The topological polar surface area (TPSA) is 82.2 Å². The van der Waals surface area contributed by atoms with Crippen LogP contribution in [-0.2, 0) is 16.1 Å². The van der Waals surface area contributed by atoms with Crippen molar-refractivity contribution in [3.63, 3.8) is 0 Å².